The van der Waals surface area contributed by atoms with Gasteiger partial charge in [-0.3, -0.25) is 14.5 Å². The molecule has 0 aliphatic heterocycles. The molecule has 0 spiro atoms. The first-order valence-corrected chi connectivity index (χ1v) is 21.1. The van der Waals surface area contributed by atoms with Crippen LogP contribution in [0.4, 0.5) is 0 Å². The zero-order valence-corrected chi connectivity index (χ0v) is 33.6. The first-order valence-electron chi connectivity index (χ1n) is 21.1. The highest BCUT2D eigenvalue weighted by Crippen LogP contribution is 2.14. The second kappa shape index (κ2) is 40.5. The largest absolute Gasteiger partial charge is 0.382 e. The molecule has 0 bridgehead atoms. The fourth-order valence-electron chi connectivity index (χ4n) is 6.31. The fourth-order valence-corrected chi connectivity index (χ4v) is 6.31. The van der Waals surface area contributed by atoms with Crippen molar-refractivity contribution in [1.29, 1.82) is 0 Å². The molecular formula is C41H83N3O6. The second-order valence-corrected chi connectivity index (χ2v) is 14.1. The zero-order chi connectivity index (χ0) is 36.6. The molecule has 0 atom stereocenters. The monoisotopic (exact) mass is 714 g/mol. The molecule has 0 radical (unpaired) electrons. The number of nitrogens with one attached hydrogen (secondary N) is 1. The number of hydrogen-bond donors (Lipinski definition) is 1. The number of methoxy groups -OCH3 is 1. The predicted molar refractivity (Wildman–Crippen MR) is 208 cm³/mol. The van der Waals surface area contributed by atoms with Crippen LogP contribution in [0.2, 0.25) is 0 Å². The smallest absolute Gasteiger partial charge is 0.241 e. The minimum absolute atomic E-state index is 0.0430. The number of ether oxygens (including phenoxy) is 2. The lowest BCUT2D eigenvalue weighted by Gasteiger charge is -2.24. The van der Waals surface area contributed by atoms with E-state index in [0.29, 0.717) is 52.5 Å². The lowest BCUT2D eigenvalue weighted by atomic mass is 10.0. The van der Waals surface area contributed by atoms with Gasteiger partial charge in [0.05, 0.1) is 40.1 Å². The van der Waals surface area contributed by atoms with Crippen molar-refractivity contribution in [2.75, 3.05) is 79.9 Å². The molecule has 0 aromatic carbocycles. The molecule has 0 unspecified atom stereocenters. The molecule has 0 aromatic rings. The fraction of sp³-hybridized carbons (Fsp3) is 0.951. The quantitative estimate of drug-likeness (QED) is 0.0384. The Morgan fingerprint density at radius 2 is 0.940 bits per heavy atom. The summed E-state index contributed by atoms with van der Waals surface area (Å²) in [6.07, 6.45) is 31.7. The maximum atomic E-state index is 13.3. The average molecular weight is 714 g/mol. The summed E-state index contributed by atoms with van der Waals surface area (Å²) in [4.78, 5) is 39.9. The summed E-state index contributed by atoms with van der Waals surface area (Å²) in [6.45, 7) is 10.1. The third-order valence-electron chi connectivity index (χ3n) is 9.60. The topological polar surface area (TPSA) is 89.6 Å². The molecule has 0 rings (SSSR count). The van der Waals surface area contributed by atoms with Gasteiger partial charge >= 0.3 is 0 Å². The lowest BCUT2D eigenvalue weighted by Crippen LogP contribution is -2.42. The van der Waals surface area contributed by atoms with Crippen LogP contribution in [0.15, 0.2) is 0 Å². The van der Waals surface area contributed by atoms with Gasteiger partial charge in [-0.1, -0.05) is 155 Å². The molecule has 0 heterocycles. The Hall–Kier alpha value is -1.26. The van der Waals surface area contributed by atoms with Crippen molar-refractivity contribution in [1.82, 2.24) is 15.1 Å². The molecule has 9 nitrogen and oxygen atoms in total. The number of hydrogen-bond acceptors (Lipinski definition) is 7. The number of carbonyl (C=O) groups is 2. The predicted octanol–water partition coefficient (Wildman–Crippen LogP) is 9.27. The van der Waals surface area contributed by atoms with Crippen LogP contribution in [-0.4, -0.2) is 102 Å². The van der Waals surface area contributed by atoms with Crippen LogP contribution in [0.1, 0.15) is 174 Å². The van der Waals surface area contributed by atoms with E-state index >= 15 is 0 Å². The van der Waals surface area contributed by atoms with Crippen LogP contribution in [0.3, 0.4) is 0 Å². The van der Waals surface area contributed by atoms with Gasteiger partial charge in [0.1, 0.15) is 0 Å². The van der Waals surface area contributed by atoms with Crippen LogP contribution in [0.25, 0.3) is 0 Å². The van der Waals surface area contributed by atoms with Crippen molar-refractivity contribution in [3.05, 3.63) is 0 Å². The highest BCUT2D eigenvalue weighted by Gasteiger charge is 2.15. The third-order valence-corrected chi connectivity index (χ3v) is 9.60. The molecule has 0 aliphatic carbocycles. The normalized spacial score (nSPS) is 11.5. The number of rotatable bonds is 41. The maximum Gasteiger partial charge on any atom is 0.241 e. The van der Waals surface area contributed by atoms with Gasteiger partial charge < -0.3 is 19.7 Å². The Morgan fingerprint density at radius 1 is 0.500 bits per heavy atom. The van der Waals surface area contributed by atoms with E-state index in [-0.39, 0.29) is 18.4 Å². The summed E-state index contributed by atoms with van der Waals surface area (Å²) in [7, 11) is 3.14. The van der Waals surface area contributed by atoms with Crippen LogP contribution in [0, 0.1) is 0 Å². The van der Waals surface area contributed by atoms with Crippen molar-refractivity contribution in [3.8, 4) is 0 Å². The minimum Gasteiger partial charge on any atom is -0.382 e. The first kappa shape index (κ1) is 48.7. The molecule has 9 heteroatoms. The SMILES string of the molecule is CCCCCCCCCCCCCCN(CCCCCCCCCCCCCC)C(=O)CNC(=O)CCN(CCOCCOC)CCOOC. The summed E-state index contributed by atoms with van der Waals surface area (Å²) in [5.41, 5.74) is 0. The second-order valence-electron chi connectivity index (χ2n) is 14.1. The standard InChI is InChI=1S/C41H83N3O6/c1-5-7-9-11-13-15-17-19-21-23-25-27-30-44(31-28-26-24-22-20-18-16-14-12-10-8-6-2)41(46)39-42-40(45)29-32-43(34-36-50-48-4)33-35-49-38-37-47-3/h5-39H2,1-4H3,(H,42,45). The highest BCUT2D eigenvalue weighted by atomic mass is 17.2. The zero-order valence-electron chi connectivity index (χ0n) is 33.6. The Bertz CT molecular complexity index is 686. The molecule has 2 amide bonds. The number of amides is 2. The van der Waals surface area contributed by atoms with Gasteiger partial charge in [-0.2, -0.15) is 0 Å². The van der Waals surface area contributed by atoms with Crippen LogP contribution in [0.5, 0.6) is 0 Å². The average Bonchev–Trinajstić information content (AvgIpc) is 3.12. The molecule has 50 heavy (non-hydrogen) atoms. The lowest BCUT2D eigenvalue weighted by molar-refractivity contribution is -0.273. The highest BCUT2D eigenvalue weighted by molar-refractivity contribution is 5.84. The summed E-state index contributed by atoms with van der Waals surface area (Å²) in [5, 5.41) is 2.90. The van der Waals surface area contributed by atoms with E-state index in [0.717, 1.165) is 25.9 Å². The number of unbranched alkanes of at least 4 members (excludes halogenated alkanes) is 22. The summed E-state index contributed by atoms with van der Waals surface area (Å²) >= 11 is 0. The van der Waals surface area contributed by atoms with E-state index in [9.17, 15) is 9.59 Å². The van der Waals surface area contributed by atoms with E-state index in [1.807, 2.05) is 4.90 Å². The van der Waals surface area contributed by atoms with Crippen molar-refractivity contribution < 1.29 is 28.8 Å². The number of nitrogens with zero attached hydrogens (tertiary/aromatic N) is 2. The van der Waals surface area contributed by atoms with Crippen LogP contribution < -0.4 is 5.32 Å². The molecule has 0 fully saturated rings. The first-order chi connectivity index (χ1) is 24.6. The van der Waals surface area contributed by atoms with Crippen LogP contribution in [-0.2, 0) is 28.8 Å². The van der Waals surface area contributed by atoms with E-state index in [1.54, 1.807) is 7.11 Å². The molecule has 0 saturated heterocycles. The third kappa shape index (κ3) is 35.2. The Balaban J connectivity index is 4.54. The van der Waals surface area contributed by atoms with E-state index in [4.69, 9.17) is 19.2 Å². The van der Waals surface area contributed by atoms with Gasteiger partial charge in [-0.15, -0.1) is 0 Å². The van der Waals surface area contributed by atoms with Crippen molar-refractivity contribution in [2.24, 2.45) is 0 Å². The van der Waals surface area contributed by atoms with Gasteiger partial charge in [0.15, 0.2) is 0 Å². The van der Waals surface area contributed by atoms with Gasteiger partial charge in [0.25, 0.3) is 0 Å². The van der Waals surface area contributed by atoms with E-state index < -0.39 is 0 Å². The molecule has 0 saturated carbocycles. The Labute approximate surface area is 309 Å². The minimum atomic E-state index is -0.105. The molecule has 1 N–H and O–H groups in total. The van der Waals surface area contributed by atoms with Crippen molar-refractivity contribution >= 4 is 11.8 Å². The van der Waals surface area contributed by atoms with Crippen molar-refractivity contribution in [3.63, 3.8) is 0 Å². The van der Waals surface area contributed by atoms with Crippen molar-refractivity contribution in [2.45, 2.75) is 174 Å². The molecule has 0 aromatic heterocycles. The molecular weight excluding hydrogens is 630 g/mol. The molecule has 298 valence electrons. The van der Waals surface area contributed by atoms with Gasteiger partial charge in [0.2, 0.25) is 11.8 Å². The van der Waals surface area contributed by atoms with Gasteiger partial charge in [-0.05, 0) is 12.8 Å². The van der Waals surface area contributed by atoms with Gasteiger partial charge in [0, 0.05) is 46.3 Å². The van der Waals surface area contributed by atoms with Crippen LogP contribution >= 0.6 is 0 Å². The molecule has 0 aliphatic rings. The summed E-state index contributed by atoms with van der Waals surface area (Å²) in [5.74, 6) is -0.0617. The van der Waals surface area contributed by atoms with E-state index in [1.165, 1.54) is 148 Å². The maximum absolute atomic E-state index is 13.3. The Kier molecular flexibility index (Phi) is 39.5. The Morgan fingerprint density at radius 3 is 1.38 bits per heavy atom. The summed E-state index contributed by atoms with van der Waals surface area (Å²) < 4.78 is 10.6. The summed E-state index contributed by atoms with van der Waals surface area (Å²) in [6, 6.07) is 0. The van der Waals surface area contributed by atoms with Gasteiger partial charge in [-0.25, -0.2) is 9.78 Å². The van der Waals surface area contributed by atoms with E-state index in [2.05, 4.69) is 24.1 Å². The number of carbonyl (C=O) groups excluding carboxylic acids is 2.